The fourth-order valence-corrected chi connectivity index (χ4v) is 17.8. The Hall–Kier alpha value is -0.0162. The standard InChI is InChI=1S/C34H62O4Si2/c1-11-39(12-2,13-3)37-29-23-27-30(7,8)34(38-40(14-4,15-5)16-6)22-21-33(27,24-36-34)26-19-20-31(9)25(32(26,29)10)17-18-28(31)35/h25-27,29H,11-24H2,1-10H3/t25-,26+,27?,29-,31-,32+,33+,34?/m1/s1. The maximum absolute atomic E-state index is 13.4. The van der Waals surface area contributed by atoms with Gasteiger partial charge in [0.25, 0.3) is 0 Å². The van der Waals surface area contributed by atoms with Crippen LogP contribution in [-0.2, 0) is 18.4 Å². The van der Waals surface area contributed by atoms with Crippen LogP contribution in [0, 0.1) is 39.4 Å². The third-order valence-electron chi connectivity index (χ3n) is 15.0. The Balaban J connectivity index is 1.61. The van der Waals surface area contributed by atoms with Crippen molar-refractivity contribution in [2.75, 3.05) is 6.61 Å². The highest BCUT2D eigenvalue weighted by Crippen LogP contribution is 2.76. The predicted octanol–water partition coefficient (Wildman–Crippen LogP) is 9.35. The Morgan fingerprint density at radius 3 is 1.90 bits per heavy atom. The van der Waals surface area contributed by atoms with Gasteiger partial charge in [-0.2, -0.15) is 0 Å². The van der Waals surface area contributed by atoms with Gasteiger partial charge in [-0.3, -0.25) is 4.79 Å². The predicted molar refractivity (Wildman–Crippen MR) is 169 cm³/mol. The van der Waals surface area contributed by atoms with E-state index in [1.165, 1.54) is 24.6 Å². The van der Waals surface area contributed by atoms with Gasteiger partial charge in [0.1, 0.15) is 5.78 Å². The van der Waals surface area contributed by atoms with Gasteiger partial charge >= 0.3 is 0 Å². The van der Waals surface area contributed by atoms with Gasteiger partial charge in [-0.05, 0) is 91.5 Å². The number of carbonyl (C=O) groups is 1. The van der Waals surface area contributed by atoms with Crippen molar-refractivity contribution < 1.29 is 18.4 Å². The molecule has 0 aromatic heterocycles. The van der Waals surface area contributed by atoms with Crippen LogP contribution in [0.25, 0.3) is 0 Å². The minimum absolute atomic E-state index is 0.0276. The monoisotopic (exact) mass is 590 g/mol. The number of hydrogen-bond acceptors (Lipinski definition) is 4. The number of ketones is 1. The van der Waals surface area contributed by atoms with Crippen LogP contribution in [0.3, 0.4) is 0 Å². The SMILES string of the molecule is CC[Si](CC)(CC)O[C@@H]1CC2C(C)(C)C3(O[Si](CC)(CC)CC)CC[C@]2(CO3)[C@H]2CC[C@@]3(C)C(=O)CC[C@H]3[C@@]21C. The fraction of sp³-hybridized carbons (Fsp3) is 0.971. The first-order valence-corrected chi connectivity index (χ1v) is 22.4. The van der Waals surface area contributed by atoms with Crippen molar-refractivity contribution in [3.63, 3.8) is 0 Å². The summed E-state index contributed by atoms with van der Waals surface area (Å²) in [5, 5.41) is 0. The first kappa shape index (κ1) is 31.4. The van der Waals surface area contributed by atoms with Crippen LogP contribution in [0.4, 0.5) is 0 Å². The number of Topliss-reactive ketones (excluding diaryl/α,β-unsaturated/α-hetero) is 1. The lowest BCUT2D eigenvalue weighted by molar-refractivity contribution is -0.396. The molecule has 4 saturated carbocycles. The molecule has 0 amide bonds. The first-order chi connectivity index (χ1) is 18.8. The third-order valence-corrected chi connectivity index (χ3v) is 24.3. The van der Waals surface area contributed by atoms with Crippen LogP contribution in [0.2, 0.25) is 36.3 Å². The van der Waals surface area contributed by atoms with Gasteiger partial charge in [0, 0.05) is 29.1 Å². The van der Waals surface area contributed by atoms with Crippen LogP contribution in [0.5, 0.6) is 0 Å². The van der Waals surface area contributed by atoms with Gasteiger partial charge in [-0.1, -0.05) is 69.2 Å². The van der Waals surface area contributed by atoms with E-state index in [9.17, 15) is 4.79 Å². The molecule has 230 valence electrons. The summed E-state index contributed by atoms with van der Waals surface area (Å²) in [4.78, 5) is 13.4. The maximum Gasteiger partial charge on any atom is 0.195 e. The molecule has 4 aliphatic carbocycles. The highest BCUT2D eigenvalue weighted by Gasteiger charge is 2.77. The Morgan fingerprint density at radius 2 is 1.38 bits per heavy atom. The van der Waals surface area contributed by atoms with Gasteiger partial charge in [0.15, 0.2) is 22.4 Å². The second kappa shape index (κ2) is 10.3. The van der Waals surface area contributed by atoms with E-state index >= 15 is 0 Å². The largest absolute Gasteiger partial charge is 0.413 e. The highest BCUT2D eigenvalue weighted by atomic mass is 28.4. The number of rotatable bonds is 10. The van der Waals surface area contributed by atoms with Crippen molar-refractivity contribution >= 4 is 22.4 Å². The Kier molecular flexibility index (Phi) is 8.07. The molecule has 2 bridgehead atoms. The molecular formula is C34H62O4Si2. The molecule has 0 N–H and O–H groups in total. The Labute approximate surface area is 248 Å². The fourth-order valence-electron chi connectivity index (χ4n) is 11.8. The summed E-state index contributed by atoms with van der Waals surface area (Å²) >= 11 is 0. The van der Waals surface area contributed by atoms with Crippen LogP contribution in [0.1, 0.15) is 114 Å². The topological polar surface area (TPSA) is 44.8 Å². The van der Waals surface area contributed by atoms with Crippen LogP contribution in [-0.4, -0.2) is 40.9 Å². The van der Waals surface area contributed by atoms with Crippen molar-refractivity contribution in [3.8, 4) is 0 Å². The molecule has 0 radical (unpaired) electrons. The van der Waals surface area contributed by atoms with E-state index < -0.39 is 22.4 Å². The molecule has 2 unspecified atom stereocenters. The minimum Gasteiger partial charge on any atom is -0.413 e. The van der Waals surface area contributed by atoms with Crippen LogP contribution >= 0.6 is 0 Å². The number of fused-ring (bicyclic) bond motifs is 5. The molecular weight excluding hydrogens is 529 g/mol. The summed E-state index contributed by atoms with van der Waals surface area (Å²) in [6.45, 7) is 24.9. The molecule has 1 spiro atoms. The highest BCUT2D eigenvalue weighted by molar-refractivity contribution is 6.74. The van der Waals surface area contributed by atoms with E-state index in [2.05, 4.69) is 69.2 Å². The third kappa shape index (κ3) is 3.93. The Morgan fingerprint density at radius 1 is 0.775 bits per heavy atom. The van der Waals surface area contributed by atoms with E-state index in [0.29, 0.717) is 23.5 Å². The molecule has 2 heterocycles. The molecule has 6 aliphatic rings. The molecule has 2 aliphatic heterocycles. The zero-order valence-corrected chi connectivity index (χ0v) is 29.8. The lowest BCUT2D eigenvalue weighted by Gasteiger charge is -2.75. The van der Waals surface area contributed by atoms with Crippen molar-refractivity contribution in [2.45, 2.75) is 162 Å². The maximum atomic E-state index is 13.4. The molecule has 0 aromatic rings. The average molecular weight is 591 g/mol. The number of hydrogen-bond donors (Lipinski definition) is 0. The van der Waals surface area contributed by atoms with Crippen molar-refractivity contribution in [1.29, 1.82) is 0 Å². The molecule has 0 aromatic carbocycles. The summed E-state index contributed by atoms with van der Waals surface area (Å²) in [5.41, 5.74) is -0.0443. The quantitative estimate of drug-likeness (QED) is 0.238. The van der Waals surface area contributed by atoms with Gasteiger partial charge in [0.2, 0.25) is 0 Å². The molecule has 8 atom stereocenters. The van der Waals surface area contributed by atoms with E-state index in [0.717, 1.165) is 63.3 Å². The van der Waals surface area contributed by atoms with Gasteiger partial charge in [-0.25, -0.2) is 0 Å². The molecule has 6 rings (SSSR count). The molecule has 4 nitrogen and oxygen atoms in total. The normalized spacial score (nSPS) is 44.3. The summed E-state index contributed by atoms with van der Waals surface area (Å²) < 4.78 is 22.3. The van der Waals surface area contributed by atoms with Crippen molar-refractivity contribution in [2.24, 2.45) is 39.4 Å². The molecule has 2 saturated heterocycles. The smallest absolute Gasteiger partial charge is 0.195 e. The zero-order chi connectivity index (χ0) is 29.4. The van der Waals surface area contributed by atoms with Gasteiger partial charge in [0.05, 0.1) is 12.7 Å². The molecule has 6 fully saturated rings. The summed E-state index contributed by atoms with van der Waals surface area (Å²) in [6, 6.07) is 7.04. The second-order valence-electron chi connectivity index (χ2n) is 15.9. The van der Waals surface area contributed by atoms with E-state index in [4.69, 9.17) is 13.6 Å². The van der Waals surface area contributed by atoms with Crippen LogP contribution < -0.4 is 0 Å². The summed E-state index contributed by atoms with van der Waals surface area (Å²) in [6.07, 6.45) is 7.61. The van der Waals surface area contributed by atoms with Crippen molar-refractivity contribution in [3.05, 3.63) is 0 Å². The van der Waals surface area contributed by atoms with E-state index in [1.807, 2.05) is 0 Å². The lowest BCUT2D eigenvalue weighted by Crippen LogP contribution is -2.77. The molecule has 6 heteroatoms. The number of ether oxygens (including phenoxy) is 1. The molecule has 40 heavy (non-hydrogen) atoms. The van der Waals surface area contributed by atoms with E-state index in [-0.39, 0.29) is 27.8 Å². The Bertz CT molecular complexity index is 946. The van der Waals surface area contributed by atoms with Crippen LogP contribution in [0.15, 0.2) is 0 Å². The van der Waals surface area contributed by atoms with Gasteiger partial charge in [-0.15, -0.1) is 0 Å². The second-order valence-corrected chi connectivity index (χ2v) is 25.3. The average Bonchev–Trinajstić information content (AvgIpc) is 3.27. The van der Waals surface area contributed by atoms with Crippen molar-refractivity contribution in [1.82, 2.24) is 0 Å². The van der Waals surface area contributed by atoms with Gasteiger partial charge < -0.3 is 13.6 Å². The zero-order valence-electron chi connectivity index (χ0n) is 27.8. The number of carbonyl (C=O) groups excluding carboxylic acids is 1. The van der Waals surface area contributed by atoms with E-state index in [1.54, 1.807) is 0 Å². The summed E-state index contributed by atoms with van der Waals surface area (Å²) in [5.74, 6) is 1.57. The minimum atomic E-state index is -1.87. The lowest BCUT2D eigenvalue weighted by atomic mass is 9.35. The first-order valence-electron chi connectivity index (χ1n) is 17.3. The summed E-state index contributed by atoms with van der Waals surface area (Å²) in [7, 11) is -3.72.